The summed E-state index contributed by atoms with van der Waals surface area (Å²) in [6.07, 6.45) is 0. The number of rotatable bonds is 9. The first-order valence-corrected chi connectivity index (χ1v) is 11.0. The van der Waals surface area contributed by atoms with Crippen LogP contribution in [-0.2, 0) is 6.54 Å². The van der Waals surface area contributed by atoms with Crippen LogP contribution in [0.2, 0.25) is 0 Å². The van der Waals surface area contributed by atoms with Crippen molar-refractivity contribution >= 4 is 22.6 Å². The molecule has 0 unspecified atom stereocenters. The van der Waals surface area contributed by atoms with E-state index in [1.54, 1.807) is 24.1 Å². The third-order valence-electron chi connectivity index (χ3n) is 5.66. The molecule has 3 rings (SSSR count). The highest BCUT2D eigenvalue weighted by Gasteiger charge is 2.18. The number of benzene rings is 2. The summed E-state index contributed by atoms with van der Waals surface area (Å²) in [4.78, 5) is 32.9. The average Bonchev–Trinajstić information content (AvgIpc) is 2.79. The minimum Gasteiger partial charge on any atom is -0.495 e. The van der Waals surface area contributed by atoms with Gasteiger partial charge in [0.05, 0.1) is 19.3 Å². The number of nitrogens with one attached hydrogen (secondary N) is 2. The number of hydrogen-bond donors (Lipinski definition) is 2. The van der Waals surface area contributed by atoms with Crippen LogP contribution >= 0.6 is 0 Å². The Balaban J connectivity index is 1.87. The second-order valence-corrected chi connectivity index (χ2v) is 7.79. The Morgan fingerprint density at radius 1 is 1.06 bits per heavy atom. The Kier molecular flexibility index (Phi) is 7.89. The Hall–Kier alpha value is -3.32. The zero-order chi connectivity index (χ0) is 23.1. The minimum absolute atomic E-state index is 0.180. The molecular formula is C25H32N4O3. The van der Waals surface area contributed by atoms with Crippen LogP contribution in [0, 0.1) is 6.92 Å². The van der Waals surface area contributed by atoms with Crippen LogP contribution in [0.25, 0.3) is 10.9 Å². The number of hydrogen-bond acceptors (Lipinski definition) is 4. The number of nitrogens with zero attached hydrogens (tertiary/aromatic N) is 2. The molecule has 0 spiro atoms. The second-order valence-electron chi connectivity index (χ2n) is 7.79. The van der Waals surface area contributed by atoms with Gasteiger partial charge in [0.25, 0.3) is 5.56 Å². The van der Waals surface area contributed by atoms with Gasteiger partial charge in [-0.3, -0.25) is 4.79 Å². The number of carbonyl (C=O) groups excluding carboxylic acids is 1. The van der Waals surface area contributed by atoms with Gasteiger partial charge in [-0.2, -0.15) is 0 Å². The van der Waals surface area contributed by atoms with Gasteiger partial charge in [0.15, 0.2) is 0 Å². The number of anilines is 1. The molecule has 0 fully saturated rings. The SMILES string of the molecule is CCN(CC)CCN(Cc1cc2ccc(C)cc2[nH]c1=O)C(=O)Nc1ccccc1OC. The van der Waals surface area contributed by atoms with Crippen molar-refractivity contribution in [2.45, 2.75) is 27.3 Å². The number of ether oxygens (including phenoxy) is 1. The van der Waals surface area contributed by atoms with E-state index in [9.17, 15) is 9.59 Å². The Labute approximate surface area is 189 Å². The van der Waals surface area contributed by atoms with E-state index in [1.807, 2.05) is 43.3 Å². The molecule has 0 aliphatic rings. The summed E-state index contributed by atoms with van der Waals surface area (Å²) >= 11 is 0. The van der Waals surface area contributed by atoms with Crippen LogP contribution < -0.4 is 15.6 Å². The third kappa shape index (κ3) is 5.68. The molecular weight excluding hydrogens is 404 g/mol. The van der Waals surface area contributed by atoms with Gasteiger partial charge in [-0.25, -0.2) is 4.79 Å². The van der Waals surface area contributed by atoms with Crippen LogP contribution in [-0.4, -0.2) is 54.1 Å². The number of likely N-dealkylation sites (N-methyl/N-ethyl adjacent to an activating group) is 1. The fourth-order valence-corrected chi connectivity index (χ4v) is 3.68. The van der Waals surface area contributed by atoms with Crippen molar-refractivity contribution in [3.63, 3.8) is 0 Å². The van der Waals surface area contributed by atoms with E-state index in [-0.39, 0.29) is 18.1 Å². The Morgan fingerprint density at radius 2 is 1.81 bits per heavy atom. The van der Waals surface area contributed by atoms with Crippen LogP contribution in [0.4, 0.5) is 10.5 Å². The number of aromatic amines is 1. The van der Waals surface area contributed by atoms with E-state index in [4.69, 9.17) is 4.74 Å². The van der Waals surface area contributed by atoms with Crippen LogP contribution in [0.15, 0.2) is 53.3 Å². The summed E-state index contributed by atoms with van der Waals surface area (Å²) in [6, 6.07) is 14.8. The van der Waals surface area contributed by atoms with Crippen molar-refractivity contribution in [2.24, 2.45) is 0 Å². The predicted molar refractivity (Wildman–Crippen MR) is 130 cm³/mol. The number of aromatic nitrogens is 1. The predicted octanol–water partition coefficient (Wildman–Crippen LogP) is 4.22. The molecule has 0 atom stereocenters. The number of para-hydroxylation sites is 2. The lowest BCUT2D eigenvalue weighted by Crippen LogP contribution is -2.41. The van der Waals surface area contributed by atoms with Gasteiger partial charge >= 0.3 is 6.03 Å². The summed E-state index contributed by atoms with van der Waals surface area (Å²) in [5.74, 6) is 0.587. The highest BCUT2D eigenvalue weighted by Crippen LogP contribution is 2.23. The topological polar surface area (TPSA) is 77.7 Å². The summed E-state index contributed by atoms with van der Waals surface area (Å²) < 4.78 is 5.36. The van der Waals surface area contributed by atoms with Gasteiger partial charge in [0.1, 0.15) is 5.75 Å². The molecule has 2 amide bonds. The number of methoxy groups -OCH3 is 1. The number of amides is 2. The number of fused-ring (bicyclic) bond motifs is 1. The van der Waals surface area contributed by atoms with Crippen molar-refractivity contribution in [1.29, 1.82) is 0 Å². The van der Waals surface area contributed by atoms with E-state index in [2.05, 4.69) is 29.0 Å². The quantitative estimate of drug-likeness (QED) is 0.526. The van der Waals surface area contributed by atoms with Crippen LogP contribution in [0.5, 0.6) is 5.75 Å². The van der Waals surface area contributed by atoms with Crippen molar-refractivity contribution in [1.82, 2.24) is 14.8 Å². The summed E-state index contributed by atoms with van der Waals surface area (Å²) in [7, 11) is 1.57. The summed E-state index contributed by atoms with van der Waals surface area (Å²) in [5, 5.41) is 3.88. The van der Waals surface area contributed by atoms with E-state index >= 15 is 0 Å². The van der Waals surface area contributed by atoms with E-state index in [0.29, 0.717) is 23.5 Å². The van der Waals surface area contributed by atoms with E-state index in [1.165, 1.54) is 0 Å². The van der Waals surface area contributed by atoms with Gasteiger partial charge in [-0.15, -0.1) is 0 Å². The van der Waals surface area contributed by atoms with E-state index in [0.717, 1.165) is 36.1 Å². The standard InChI is InChI=1S/C25H32N4O3/c1-5-28(6-2)13-14-29(25(31)27-21-9-7-8-10-23(21)32-4)17-20-16-19-12-11-18(3)15-22(19)26-24(20)30/h7-12,15-16H,5-6,13-14,17H2,1-4H3,(H,26,30)(H,27,31). The van der Waals surface area contributed by atoms with Gasteiger partial charge in [-0.1, -0.05) is 38.1 Å². The lowest BCUT2D eigenvalue weighted by molar-refractivity contribution is 0.194. The van der Waals surface area contributed by atoms with Crippen LogP contribution in [0.3, 0.4) is 0 Å². The number of H-pyrrole nitrogens is 1. The lowest BCUT2D eigenvalue weighted by atomic mass is 10.1. The van der Waals surface area contributed by atoms with Gasteiger partial charge in [0, 0.05) is 24.2 Å². The molecule has 32 heavy (non-hydrogen) atoms. The molecule has 2 N–H and O–H groups in total. The summed E-state index contributed by atoms with van der Waals surface area (Å²) in [6.45, 7) is 9.40. The van der Waals surface area contributed by atoms with Gasteiger partial charge < -0.3 is 24.8 Å². The molecule has 0 aliphatic carbocycles. The smallest absolute Gasteiger partial charge is 0.322 e. The number of carbonyl (C=O) groups is 1. The maximum absolute atomic E-state index is 13.2. The van der Waals surface area contributed by atoms with E-state index < -0.39 is 0 Å². The third-order valence-corrected chi connectivity index (χ3v) is 5.66. The Bertz CT molecular complexity index is 1120. The molecule has 0 radical (unpaired) electrons. The first-order chi connectivity index (χ1) is 15.4. The zero-order valence-electron chi connectivity index (χ0n) is 19.3. The molecule has 3 aromatic rings. The second kappa shape index (κ2) is 10.8. The molecule has 1 heterocycles. The molecule has 0 saturated heterocycles. The maximum Gasteiger partial charge on any atom is 0.322 e. The number of urea groups is 1. The lowest BCUT2D eigenvalue weighted by Gasteiger charge is -2.27. The largest absolute Gasteiger partial charge is 0.495 e. The summed E-state index contributed by atoms with van der Waals surface area (Å²) in [5.41, 5.74) is 2.85. The van der Waals surface area contributed by atoms with Gasteiger partial charge in [-0.05, 0) is 55.2 Å². The van der Waals surface area contributed by atoms with Crippen molar-refractivity contribution in [3.05, 3.63) is 70.0 Å². The minimum atomic E-state index is -0.273. The van der Waals surface area contributed by atoms with Crippen molar-refractivity contribution < 1.29 is 9.53 Å². The molecule has 0 saturated carbocycles. The molecule has 7 nitrogen and oxygen atoms in total. The monoisotopic (exact) mass is 436 g/mol. The van der Waals surface area contributed by atoms with Gasteiger partial charge in [0.2, 0.25) is 0 Å². The molecule has 170 valence electrons. The number of aryl methyl sites for hydroxylation is 1. The maximum atomic E-state index is 13.2. The fourth-order valence-electron chi connectivity index (χ4n) is 3.68. The molecule has 1 aromatic heterocycles. The zero-order valence-corrected chi connectivity index (χ0v) is 19.3. The first-order valence-electron chi connectivity index (χ1n) is 11.0. The highest BCUT2D eigenvalue weighted by molar-refractivity contribution is 5.91. The average molecular weight is 437 g/mol. The first kappa shape index (κ1) is 23.3. The molecule has 7 heteroatoms. The fraction of sp³-hybridized carbons (Fsp3) is 0.360. The molecule has 0 aliphatic heterocycles. The van der Waals surface area contributed by atoms with Crippen LogP contribution in [0.1, 0.15) is 25.0 Å². The highest BCUT2D eigenvalue weighted by atomic mass is 16.5. The Morgan fingerprint density at radius 3 is 2.53 bits per heavy atom. The van der Waals surface area contributed by atoms with Crippen molar-refractivity contribution in [2.75, 3.05) is 38.6 Å². The normalized spacial score (nSPS) is 11.0. The molecule has 0 bridgehead atoms. The number of pyridine rings is 1. The molecule has 2 aromatic carbocycles. The van der Waals surface area contributed by atoms with Crippen molar-refractivity contribution in [3.8, 4) is 5.75 Å².